The third-order valence-electron chi connectivity index (χ3n) is 5.13. The maximum Gasteiger partial charge on any atom is 0.274 e. The second kappa shape index (κ2) is 9.39. The smallest absolute Gasteiger partial charge is 0.274 e. The summed E-state index contributed by atoms with van der Waals surface area (Å²) in [6.07, 6.45) is 3.27. The first kappa shape index (κ1) is 19.9. The van der Waals surface area contributed by atoms with Crippen LogP contribution >= 0.6 is 0 Å². The number of likely N-dealkylation sites (tertiary alicyclic amines) is 1. The van der Waals surface area contributed by atoms with E-state index in [4.69, 9.17) is 4.74 Å². The molecule has 0 bridgehead atoms. The van der Waals surface area contributed by atoms with Crippen molar-refractivity contribution in [2.24, 2.45) is 5.92 Å². The fourth-order valence-electron chi connectivity index (χ4n) is 3.58. The van der Waals surface area contributed by atoms with Crippen LogP contribution in [-0.4, -0.2) is 47.1 Å². The van der Waals surface area contributed by atoms with Gasteiger partial charge >= 0.3 is 0 Å². The first-order valence-electron chi connectivity index (χ1n) is 9.76. The van der Waals surface area contributed by atoms with Crippen molar-refractivity contribution in [3.8, 4) is 5.75 Å². The molecular formula is C21H28N4O3. The zero-order valence-corrected chi connectivity index (χ0v) is 16.5. The molecule has 1 aliphatic rings. The van der Waals surface area contributed by atoms with E-state index in [0.717, 1.165) is 42.8 Å². The van der Waals surface area contributed by atoms with Gasteiger partial charge in [0.2, 0.25) is 5.91 Å². The molecule has 0 saturated carbocycles. The molecule has 28 heavy (non-hydrogen) atoms. The van der Waals surface area contributed by atoms with Gasteiger partial charge in [-0.3, -0.25) is 14.7 Å². The molecule has 1 fully saturated rings. The summed E-state index contributed by atoms with van der Waals surface area (Å²) in [6.45, 7) is 3.81. The highest BCUT2D eigenvalue weighted by Gasteiger charge is 2.26. The number of aromatic amines is 1. The Hall–Kier alpha value is -2.83. The van der Waals surface area contributed by atoms with Gasteiger partial charge in [-0.05, 0) is 55.9 Å². The normalized spacial score (nSPS) is 16.6. The number of piperidine rings is 1. The van der Waals surface area contributed by atoms with E-state index in [1.807, 2.05) is 36.1 Å². The average molecular weight is 384 g/mol. The molecule has 3 rings (SSSR count). The van der Waals surface area contributed by atoms with Gasteiger partial charge in [-0.15, -0.1) is 0 Å². The molecule has 150 valence electrons. The lowest BCUT2D eigenvalue weighted by atomic mass is 9.93. The fourth-order valence-corrected chi connectivity index (χ4v) is 3.58. The minimum absolute atomic E-state index is 0.0310. The predicted molar refractivity (Wildman–Crippen MR) is 106 cm³/mol. The van der Waals surface area contributed by atoms with Gasteiger partial charge in [-0.25, -0.2) is 0 Å². The summed E-state index contributed by atoms with van der Waals surface area (Å²) < 4.78 is 5.20. The van der Waals surface area contributed by atoms with Crippen molar-refractivity contribution in [2.45, 2.75) is 39.2 Å². The van der Waals surface area contributed by atoms with Crippen molar-refractivity contribution in [3.05, 3.63) is 47.3 Å². The predicted octanol–water partition coefficient (Wildman–Crippen LogP) is 2.68. The second-order valence-electron chi connectivity index (χ2n) is 7.36. The van der Waals surface area contributed by atoms with Crippen LogP contribution in [0.1, 0.15) is 47.4 Å². The Bertz CT molecular complexity index is 817. The Morgan fingerprint density at radius 1 is 1.36 bits per heavy atom. The maximum atomic E-state index is 12.6. The van der Waals surface area contributed by atoms with Crippen LogP contribution in [0.3, 0.4) is 0 Å². The van der Waals surface area contributed by atoms with Crippen molar-refractivity contribution in [3.63, 3.8) is 0 Å². The zero-order chi connectivity index (χ0) is 19.9. The first-order valence-corrected chi connectivity index (χ1v) is 9.76. The lowest BCUT2D eigenvalue weighted by Gasteiger charge is -2.32. The van der Waals surface area contributed by atoms with E-state index in [0.29, 0.717) is 31.1 Å². The number of aryl methyl sites for hydroxylation is 1. The van der Waals surface area contributed by atoms with Gasteiger partial charge in [-0.2, -0.15) is 5.10 Å². The summed E-state index contributed by atoms with van der Waals surface area (Å²) >= 11 is 0. The quantitative estimate of drug-likeness (QED) is 0.768. The minimum atomic E-state index is -0.0310. The molecule has 2 aromatic rings. The Labute approximate surface area is 165 Å². The number of benzene rings is 1. The lowest BCUT2D eigenvalue weighted by molar-refractivity contribution is -0.121. The van der Waals surface area contributed by atoms with Crippen LogP contribution in [0.15, 0.2) is 30.3 Å². The molecule has 2 heterocycles. The maximum absolute atomic E-state index is 12.6. The van der Waals surface area contributed by atoms with E-state index in [1.54, 1.807) is 13.2 Å². The summed E-state index contributed by atoms with van der Waals surface area (Å²) in [7, 11) is 1.63. The molecule has 0 spiro atoms. The molecule has 1 atom stereocenters. The Morgan fingerprint density at radius 3 is 2.96 bits per heavy atom. The minimum Gasteiger partial charge on any atom is -0.497 e. The molecule has 2 amide bonds. The van der Waals surface area contributed by atoms with Crippen LogP contribution in [0.4, 0.5) is 0 Å². The van der Waals surface area contributed by atoms with Crippen LogP contribution in [0.2, 0.25) is 0 Å². The SMILES string of the molecule is COc1cccc(CNC(=O)CC[C@@H]2CCCN(C(=O)c3cc(C)[nH]n3)C2)c1. The molecule has 1 aromatic heterocycles. The van der Waals surface area contributed by atoms with Crippen LogP contribution in [0.5, 0.6) is 5.75 Å². The number of hydrogen-bond donors (Lipinski definition) is 2. The zero-order valence-electron chi connectivity index (χ0n) is 16.5. The number of rotatable bonds is 7. The van der Waals surface area contributed by atoms with E-state index in [-0.39, 0.29) is 11.8 Å². The van der Waals surface area contributed by atoms with E-state index in [9.17, 15) is 9.59 Å². The second-order valence-corrected chi connectivity index (χ2v) is 7.36. The number of aromatic nitrogens is 2. The summed E-state index contributed by atoms with van der Waals surface area (Å²) in [6, 6.07) is 9.45. The molecule has 1 aromatic carbocycles. The van der Waals surface area contributed by atoms with Crippen LogP contribution < -0.4 is 10.1 Å². The van der Waals surface area contributed by atoms with Crippen LogP contribution in [0, 0.1) is 12.8 Å². The van der Waals surface area contributed by atoms with Crippen molar-refractivity contribution >= 4 is 11.8 Å². The van der Waals surface area contributed by atoms with Gasteiger partial charge in [0.05, 0.1) is 7.11 Å². The highest BCUT2D eigenvalue weighted by atomic mass is 16.5. The van der Waals surface area contributed by atoms with Crippen LogP contribution in [0.25, 0.3) is 0 Å². The summed E-state index contributed by atoms with van der Waals surface area (Å²) in [4.78, 5) is 26.6. The number of nitrogens with one attached hydrogen (secondary N) is 2. The van der Waals surface area contributed by atoms with Gasteiger partial charge in [-0.1, -0.05) is 12.1 Å². The lowest BCUT2D eigenvalue weighted by Crippen LogP contribution is -2.40. The fraction of sp³-hybridized carbons (Fsp3) is 0.476. The molecule has 1 aliphatic heterocycles. The van der Waals surface area contributed by atoms with Gasteiger partial charge < -0.3 is 15.0 Å². The molecule has 1 saturated heterocycles. The molecule has 0 radical (unpaired) electrons. The van der Waals surface area contributed by atoms with Gasteiger partial charge in [0, 0.05) is 31.7 Å². The van der Waals surface area contributed by atoms with Crippen molar-refractivity contribution in [1.29, 1.82) is 0 Å². The van der Waals surface area contributed by atoms with Gasteiger partial charge in [0.15, 0.2) is 0 Å². The summed E-state index contributed by atoms with van der Waals surface area (Å²) in [5, 5.41) is 9.85. The van der Waals surface area contributed by atoms with Crippen molar-refractivity contribution in [1.82, 2.24) is 20.4 Å². The molecule has 0 unspecified atom stereocenters. The summed E-state index contributed by atoms with van der Waals surface area (Å²) in [5.74, 6) is 1.14. The summed E-state index contributed by atoms with van der Waals surface area (Å²) in [5.41, 5.74) is 2.36. The Kier molecular flexibility index (Phi) is 6.68. The third-order valence-corrected chi connectivity index (χ3v) is 5.13. The standard InChI is InChI=1S/C21H28N4O3/c1-15-11-19(24-23-15)21(27)25-10-4-6-16(14-25)8-9-20(26)22-13-17-5-3-7-18(12-17)28-2/h3,5,7,11-12,16H,4,6,8-10,13-14H2,1-2H3,(H,22,26)(H,23,24)/t16-/m0/s1. The number of hydrogen-bond acceptors (Lipinski definition) is 4. The molecule has 7 heteroatoms. The monoisotopic (exact) mass is 384 g/mol. The number of nitrogens with zero attached hydrogens (tertiary/aromatic N) is 2. The number of methoxy groups -OCH3 is 1. The Morgan fingerprint density at radius 2 is 2.21 bits per heavy atom. The number of carbonyl (C=O) groups excluding carboxylic acids is 2. The topological polar surface area (TPSA) is 87.3 Å². The highest BCUT2D eigenvalue weighted by Crippen LogP contribution is 2.22. The number of H-pyrrole nitrogens is 1. The number of ether oxygens (including phenoxy) is 1. The van der Waals surface area contributed by atoms with Gasteiger partial charge in [0.1, 0.15) is 11.4 Å². The number of carbonyl (C=O) groups is 2. The van der Waals surface area contributed by atoms with E-state index in [1.165, 1.54) is 0 Å². The van der Waals surface area contributed by atoms with Crippen molar-refractivity contribution in [2.75, 3.05) is 20.2 Å². The van der Waals surface area contributed by atoms with E-state index < -0.39 is 0 Å². The molecule has 0 aliphatic carbocycles. The molecular weight excluding hydrogens is 356 g/mol. The first-order chi connectivity index (χ1) is 13.5. The molecule has 2 N–H and O–H groups in total. The van der Waals surface area contributed by atoms with Gasteiger partial charge in [0.25, 0.3) is 5.91 Å². The highest BCUT2D eigenvalue weighted by molar-refractivity contribution is 5.92. The largest absolute Gasteiger partial charge is 0.497 e. The Balaban J connectivity index is 1.43. The van der Waals surface area contributed by atoms with E-state index >= 15 is 0 Å². The average Bonchev–Trinajstić information content (AvgIpc) is 3.16. The van der Waals surface area contributed by atoms with Crippen molar-refractivity contribution < 1.29 is 14.3 Å². The van der Waals surface area contributed by atoms with E-state index in [2.05, 4.69) is 15.5 Å². The van der Waals surface area contributed by atoms with Crippen LogP contribution in [-0.2, 0) is 11.3 Å². The number of amides is 2. The third kappa shape index (κ3) is 5.34. The molecule has 7 nitrogen and oxygen atoms in total.